The van der Waals surface area contributed by atoms with Gasteiger partial charge in [0, 0.05) is 11.6 Å². The number of nitrogens with zero attached hydrogens (tertiary/aromatic N) is 3. The molecule has 6 nitrogen and oxygen atoms in total. The molecule has 0 unspecified atom stereocenters. The highest BCUT2D eigenvalue weighted by atomic mass is 16.6. The van der Waals surface area contributed by atoms with Crippen molar-refractivity contribution in [3.8, 4) is 0 Å². The summed E-state index contributed by atoms with van der Waals surface area (Å²) in [6.07, 6.45) is 0.601. The summed E-state index contributed by atoms with van der Waals surface area (Å²) in [4.78, 5) is 9.82. The second-order valence-electron chi connectivity index (χ2n) is 2.97. The van der Waals surface area contributed by atoms with Crippen LogP contribution in [0.2, 0.25) is 0 Å². The number of hydrogen-bond acceptors (Lipinski definition) is 4. The van der Waals surface area contributed by atoms with Gasteiger partial charge in [0.05, 0.1) is 0 Å². The molecule has 0 aromatic carbocycles. The maximum atomic E-state index is 10.3. The van der Waals surface area contributed by atoms with Gasteiger partial charge in [-0.1, -0.05) is 13.8 Å². The highest BCUT2D eigenvalue weighted by Gasteiger charge is 2.18. The number of H-pyrrole nitrogens is 1. The summed E-state index contributed by atoms with van der Waals surface area (Å²) in [5.74, 6) is 0.189. The molecule has 0 fully saturated rings. The molecule has 0 bridgehead atoms. The lowest BCUT2D eigenvalue weighted by atomic mass is 10.1. The molecule has 0 aliphatic rings. The van der Waals surface area contributed by atoms with Gasteiger partial charge in [0.15, 0.2) is 0 Å². The zero-order valence-electron chi connectivity index (χ0n) is 6.94. The molecule has 0 spiro atoms. The third-order valence-electron chi connectivity index (χ3n) is 1.38. The van der Waals surface area contributed by atoms with E-state index < -0.39 is 4.92 Å². The molecule has 0 saturated heterocycles. The smallest absolute Gasteiger partial charge is 0.358 e. The maximum Gasteiger partial charge on any atom is 0.413 e. The molecule has 6 heteroatoms. The van der Waals surface area contributed by atoms with Gasteiger partial charge in [-0.2, -0.15) is 0 Å². The first-order chi connectivity index (χ1) is 5.61. The molecule has 1 heterocycles. The molecule has 0 atom stereocenters. The summed E-state index contributed by atoms with van der Waals surface area (Å²) in [6.45, 7) is 3.95. The van der Waals surface area contributed by atoms with Gasteiger partial charge >= 0.3 is 5.82 Å². The zero-order valence-corrected chi connectivity index (χ0v) is 6.94. The highest BCUT2D eigenvalue weighted by molar-refractivity contribution is 5.23. The predicted octanol–water partition coefficient (Wildman–Crippen LogP) is 0.911. The van der Waals surface area contributed by atoms with Crippen molar-refractivity contribution >= 4 is 5.82 Å². The first-order valence-corrected chi connectivity index (χ1v) is 3.65. The van der Waals surface area contributed by atoms with E-state index in [4.69, 9.17) is 0 Å². The quantitative estimate of drug-likeness (QED) is 0.539. The lowest BCUT2D eigenvalue weighted by Gasteiger charge is -1.99. The topological polar surface area (TPSA) is 84.7 Å². The number of rotatable bonds is 3. The number of aromatic amines is 1. The van der Waals surface area contributed by atoms with Crippen LogP contribution in [0.25, 0.3) is 0 Å². The first-order valence-electron chi connectivity index (χ1n) is 3.65. The lowest BCUT2D eigenvalue weighted by Crippen LogP contribution is -1.99. The minimum Gasteiger partial charge on any atom is -0.358 e. The lowest BCUT2D eigenvalue weighted by molar-refractivity contribution is -0.390. The molecule has 0 aliphatic carbocycles. The number of aromatic nitrogens is 3. The molecular formula is C6H10N4O2. The van der Waals surface area contributed by atoms with Crippen LogP contribution in [0, 0.1) is 16.0 Å². The van der Waals surface area contributed by atoms with Crippen molar-refractivity contribution in [3.05, 3.63) is 15.8 Å². The van der Waals surface area contributed by atoms with Gasteiger partial charge < -0.3 is 10.1 Å². The van der Waals surface area contributed by atoms with E-state index in [-0.39, 0.29) is 5.82 Å². The SMILES string of the molecule is CC(C)Cc1[nH]nnc1[N+](=O)[O-]. The molecule has 1 aromatic heterocycles. The molecule has 0 radical (unpaired) electrons. The van der Waals surface area contributed by atoms with Gasteiger partial charge in [-0.3, -0.25) is 0 Å². The molecule has 0 amide bonds. The molecule has 1 N–H and O–H groups in total. The standard InChI is InChI=1S/C6H10N4O2/c1-4(2)3-5-6(10(11)12)8-9-7-5/h4H,3H2,1-2H3,(H,7,8,9). The fourth-order valence-corrected chi connectivity index (χ4v) is 0.935. The second-order valence-corrected chi connectivity index (χ2v) is 2.97. The Morgan fingerprint density at radius 2 is 2.33 bits per heavy atom. The van der Waals surface area contributed by atoms with Crippen LogP contribution < -0.4 is 0 Å². The van der Waals surface area contributed by atoms with Crippen LogP contribution >= 0.6 is 0 Å². The molecule has 1 aromatic rings. The Balaban J connectivity index is 2.84. The van der Waals surface area contributed by atoms with Gasteiger partial charge in [0.2, 0.25) is 0 Å². The fraction of sp³-hybridized carbons (Fsp3) is 0.667. The van der Waals surface area contributed by atoms with Crippen molar-refractivity contribution in [2.45, 2.75) is 20.3 Å². The monoisotopic (exact) mass is 170 g/mol. The van der Waals surface area contributed by atoms with E-state index in [9.17, 15) is 10.1 Å². The molecule has 12 heavy (non-hydrogen) atoms. The van der Waals surface area contributed by atoms with E-state index in [0.29, 0.717) is 18.0 Å². The Morgan fingerprint density at radius 1 is 1.67 bits per heavy atom. The van der Waals surface area contributed by atoms with E-state index in [1.54, 1.807) is 0 Å². The van der Waals surface area contributed by atoms with Gasteiger partial charge in [-0.15, -0.1) is 0 Å². The molecule has 0 aliphatic heterocycles. The Morgan fingerprint density at radius 3 is 2.83 bits per heavy atom. The zero-order chi connectivity index (χ0) is 9.14. The van der Waals surface area contributed by atoms with Crippen LogP contribution in [-0.2, 0) is 6.42 Å². The van der Waals surface area contributed by atoms with Crippen LogP contribution in [0.3, 0.4) is 0 Å². The Hall–Kier alpha value is -1.46. The third-order valence-corrected chi connectivity index (χ3v) is 1.38. The van der Waals surface area contributed by atoms with Crippen LogP contribution in [0.15, 0.2) is 0 Å². The largest absolute Gasteiger partial charge is 0.413 e. The Bertz CT molecular complexity index is 281. The fourth-order valence-electron chi connectivity index (χ4n) is 0.935. The van der Waals surface area contributed by atoms with Crippen LogP contribution in [0.4, 0.5) is 5.82 Å². The van der Waals surface area contributed by atoms with Gasteiger partial charge in [-0.25, -0.2) is 5.10 Å². The summed E-state index contributed by atoms with van der Waals surface area (Å²) < 4.78 is 0. The van der Waals surface area contributed by atoms with E-state index in [2.05, 4.69) is 15.4 Å². The maximum absolute atomic E-state index is 10.3. The first kappa shape index (κ1) is 8.63. The van der Waals surface area contributed by atoms with E-state index in [1.807, 2.05) is 13.8 Å². The minimum atomic E-state index is -0.527. The molecule has 0 saturated carbocycles. The average Bonchev–Trinajstić information content (AvgIpc) is 2.33. The van der Waals surface area contributed by atoms with Crippen molar-refractivity contribution in [1.82, 2.24) is 15.4 Å². The Labute approximate surface area is 69.1 Å². The van der Waals surface area contributed by atoms with Crippen LogP contribution in [0.1, 0.15) is 19.5 Å². The van der Waals surface area contributed by atoms with Crippen molar-refractivity contribution in [2.75, 3.05) is 0 Å². The summed E-state index contributed by atoms with van der Waals surface area (Å²) in [5.41, 5.74) is 0.495. The molecule has 1 rings (SSSR count). The van der Waals surface area contributed by atoms with E-state index >= 15 is 0 Å². The van der Waals surface area contributed by atoms with Gasteiger partial charge in [0.25, 0.3) is 0 Å². The number of nitro groups is 1. The number of nitrogens with one attached hydrogen (secondary N) is 1. The summed E-state index contributed by atoms with van der Waals surface area (Å²) in [5, 5.41) is 19.6. The summed E-state index contributed by atoms with van der Waals surface area (Å²) >= 11 is 0. The van der Waals surface area contributed by atoms with Crippen molar-refractivity contribution in [1.29, 1.82) is 0 Å². The number of hydrogen-bond donors (Lipinski definition) is 1. The molecule has 66 valence electrons. The molecular weight excluding hydrogens is 160 g/mol. The summed E-state index contributed by atoms with van der Waals surface area (Å²) in [7, 11) is 0. The third kappa shape index (κ3) is 1.77. The minimum absolute atomic E-state index is 0.163. The predicted molar refractivity (Wildman–Crippen MR) is 41.6 cm³/mol. The van der Waals surface area contributed by atoms with Crippen molar-refractivity contribution < 1.29 is 4.92 Å². The second kappa shape index (κ2) is 3.29. The summed E-state index contributed by atoms with van der Waals surface area (Å²) in [6, 6.07) is 0. The average molecular weight is 170 g/mol. The van der Waals surface area contributed by atoms with Crippen molar-refractivity contribution in [2.24, 2.45) is 5.92 Å². The normalized spacial score (nSPS) is 10.6. The van der Waals surface area contributed by atoms with Crippen molar-refractivity contribution in [3.63, 3.8) is 0 Å². The Kier molecular flexibility index (Phi) is 2.37. The van der Waals surface area contributed by atoms with Gasteiger partial charge in [0.1, 0.15) is 10.8 Å². The van der Waals surface area contributed by atoms with Crippen LogP contribution in [-0.4, -0.2) is 20.3 Å². The van der Waals surface area contributed by atoms with Crippen LogP contribution in [0.5, 0.6) is 0 Å². The van der Waals surface area contributed by atoms with E-state index in [0.717, 1.165) is 0 Å². The van der Waals surface area contributed by atoms with Gasteiger partial charge in [-0.05, 0) is 10.8 Å². The highest BCUT2D eigenvalue weighted by Crippen LogP contribution is 2.14. The van der Waals surface area contributed by atoms with E-state index in [1.165, 1.54) is 0 Å².